The van der Waals surface area contributed by atoms with E-state index in [9.17, 15) is 9.59 Å². The molecule has 4 heterocycles. The van der Waals surface area contributed by atoms with Gasteiger partial charge in [0.2, 0.25) is 5.91 Å². The summed E-state index contributed by atoms with van der Waals surface area (Å²) in [5.41, 5.74) is 2.13. The Morgan fingerprint density at radius 2 is 1.86 bits per heavy atom. The van der Waals surface area contributed by atoms with Crippen LogP contribution in [0.3, 0.4) is 0 Å². The molecule has 0 saturated carbocycles. The Kier molecular flexibility index (Phi) is 8.25. The first-order valence-corrected chi connectivity index (χ1v) is 14.6. The average Bonchev–Trinajstić information content (AvgIpc) is 2.97. The van der Waals surface area contributed by atoms with Crippen molar-refractivity contribution in [3.05, 3.63) is 82.3 Å². The van der Waals surface area contributed by atoms with Crippen molar-refractivity contribution >= 4 is 40.0 Å². The summed E-state index contributed by atoms with van der Waals surface area (Å²) in [7, 11) is 3.78. The Balaban J connectivity index is 1.86. The average molecular weight is 604 g/mol. The van der Waals surface area contributed by atoms with Crippen LogP contribution in [-0.4, -0.2) is 69.6 Å². The third-order valence-corrected chi connectivity index (χ3v) is 8.12. The van der Waals surface area contributed by atoms with Crippen LogP contribution in [0.25, 0.3) is 28.0 Å². The minimum Gasteiger partial charge on any atom is -0.376 e. The molecule has 3 aromatic heterocycles. The summed E-state index contributed by atoms with van der Waals surface area (Å²) in [4.78, 5) is 46.6. The Bertz CT molecular complexity index is 1760. The molecular weight excluding hydrogens is 569 g/mol. The molecule has 1 aliphatic rings. The molecule has 0 N–H and O–H groups in total. The number of anilines is 2. The van der Waals surface area contributed by atoms with Crippen LogP contribution in [0.5, 0.6) is 0 Å². The van der Waals surface area contributed by atoms with Crippen molar-refractivity contribution in [2.75, 3.05) is 37.0 Å². The summed E-state index contributed by atoms with van der Waals surface area (Å²) < 4.78 is 16.5. The van der Waals surface area contributed by atoms with Crippen molar-refractivity contribution in [1.82, 2.24) is 24.4 Å². The molecule has 0 radical (unpaired) electrons. The molecule has 1 saturated heterocycles. The molecule has 43 heavy (non-hydrogen) atoms. The van der Waals surface area contributed by atoms with Crippen LogP contribution in [0.1, 0.15) is 39.3 Å². The van der Waals surface area contributed by atoms with E-state index in [0.717, 1.165) is 5.69 Å². The van der Waals surface area contributed by atoms with Gasteiger partial charge >= 0.3 is 5.69 Å². The number of fused-ring (bicyclic) bond motifs is 1. The fraction of sp³-hybridized carbons (Fsp3) is 0.344. The number of pyridine rings is 2. The molecule has 11 heteroatoms. The smallest absolute Gasteiger partial charge is 0.355 e. The number of carbonyl (C=O) groups excluding carboxylic acids is 1. The van der Waals surface area contributed by atoms with Gasteiger partial charge in [0, 0.05) is 51.0 Å². The monoisotopic (exact) mass is 603 g/mol. The highest BCUT2D eigenvalue weighted by molar-refractivity contribution is 6.33. The van der Waals surface area contributed by atoms with E-state index in [1.165, 1.54) is 16.7 Å². The largest absolute Gasteiger partial charge is 0.376 e. The van der Waals surface area contributed by atoms with Gasteiger partial charge in [-0.15, -0.1) is 0 Å². The first kappa shape index (κ1) is 30.2. The van der Waals surface area contributed by atoms with Crippen molar-refractivity contribution in [3.63, 3.8) is 0 Å². The summed E-state index contributed by atoms with van der Waals surface area (Å²) in [6, 6.07) is 9.43. The Labute approximate surface area is 255 Å². The molecule has 1 amide bonds. The number of halogens is 2. The van der Waals surface area contributed by atoms with Crippen molar-refractivity contribution in [3.8, 4) is 16.9 Å². The van der Waals surface area contributed by atoms with E-state index >= 15 is 4.39 Å². The van der Waals surface area contributed by atoms with Crippen LogP contribution in [-0.2, 0) is 4.79 Å². The fourth-order valence-electron chi connectivity index (χ4n) is 5.69. The maximum Gasteiger partial charge on any atom is 0.355 e. The standard InChI is InChI=1S/C32H35ClFN7O2/c1-8-26(42)39-16-20(5)40(17-19(39)4)30-22-15-23(33)28(21-11-9-10-12-24(21)34)36-31(22)41(32(43)37-30)29-25(38(6)7)13-14-35-27(29)18(2)3/h8-15,18-20H,1,16-17H2,2-7H3/t19-,20+/m1/s1. The van der Waals surface area contributed by atoms with Crippen LogP contribution in [0.15, 0.2) is 60.0 Å². The zero-order chi connectivity index (χ0) is 31.2. The summed E-state index contributed by atoms with van der Waals surface area (Å²) in [5, 5.41) is 0.741. The third-order valence-electron chi connectivity index (χ3n) is 7.83. The van der Waals surface area contributed by atoms with Crippen LogP contribution in [0, 0.1) is 5.82 Å². The number of benzene rings is 1. The molecule has 224 valence electrons. The molecular formula is C32H35ClFN7O2. The van der Waals surface area contributed by atoms with Gasteiger partial charge in [-0.2, -0.15) is 4.98 Å². The number of amides is 1. The van der Waals surface area contributed by atoms with Gasteiger partial charge in [0.25, 0.3) is 0 Å². The minimum atomic E-state index is -0.556. The molecule has 0 spiro atoms. The lowest BCUT2D eigenvalue weighted by atomic mass is 10.0. The van der Waals surface area contributed by atoms with E-state index in [2.05, 4.69) is 16.5 Å². The molecule has 1 aromatic carbocycles. The summed E-state index contributed by atoms with van der Waals surface area (Å²) in [6.07, 6.45) is 3.02. The SMILES string of the molecule is C=CC(=O)N1C[C@H](C)N(c2nc(=O)n(-c3c(N(C)C)ccnc3C(C)C)c3nc(-c4ccccc4F)c(Cl)cc23)C[C@H]1C. The molecule has 0 bridgehead atoms. The Morgan fingerprint density at radius 1 is 1.14 bits per heavy atom. The van der Waals surface area contributed by atoms with E-state index in [1.807, 2.05) is 57.7 Å². The van der Waals surface area contributed by atoms with Gasteiger partial charge in [-0.1, -0.05) is 44.2 Å². The summed E-state index contributed by atoms with van der Waals surface area (Å²) in [6.45, 7) is 12.4. The second-order valence-corrected chi connectivity index (χ2v) is 11.8. The lowest BCUT2D eigenvalue weighted by molar-refractivity contribution is -0.128. The van der Waals surface area contributed by atoms with Gasteiger partial charge in [-0.25, -0.2) is 18.7 Å². The van der Waals surface area contributed by atoms with E-state index in [4.69, 9.17) is 16.6 Å². The van der Waals surface area contributed by atoms with Gasteiger partial charge in [-0.05, 0) is 50.1 Å². The molecule has 1 aliphatic heterocycles. The fourth-order valence-corrected chi connectivity index (χ4v) is 5.94. The van der Waals surface area contributed by atoms with Crippen molar-refractivity contribution in [1.29, 1.82) is 0 Å². The normalized spacial score (nSPS) is 17.0. The first-order valence-electron chi connectivity index (χ1n) is 14.2. The van der Waals surface area contributed by atoms with Crippen LogP contribution in [0.2, 0.25) is 5.02 Å². The van der Waals surface area contributed by atoms with Crippen LogP contribution >= 0.6 is 11.6 Å². The minimum absolute atomic E-state index is 0.0359. The molecule has 1 fully saturated rings. The molecule has 2 atom stereocenters. The van der Waals surface area contributed by atoms with Gasteiger partial charge in [0.05, 0.1) is 33.2 Å². The predicted molar refractivity (Wildman–Crippen MR) is 170 cm³/mol. The van der Waals surface area contributed by atoms with Crippen molar-refractivity contribution in [2.45, 2.75) is 45.7 Å². The number of nitrogens with zero attached hydrogens (tertiary/aromatic N) is 7. The van der Waals surface area contributed by atoms with Crippen molar-refractivity contribution < 1.29 is 9.18 Å². The van der Waals surface area contributed by atoms with Gasteiger partial charge in [0.15, 0.2) is 5.65 Å². The van der Waals surface area contributed by atoms with Gasteiger partial charge in [-0.3, -0.25) is 9.78 Å². The number of piperazine rings is 1. The third kappa shape index (κ3) is 5.35. The van der Waals surface area contributed by atoms with E-state index in [-0.39, 0.29) is 45.8 Å². The second-order valence-electron chi connectivity index (χ2n) is 11.4. The van der Waals surface area contributed by atoms with E-state index in [0.29, 0.717) is 35.7 Å². The second kappa shape index (κ2) is 11.8. The summed E-state index contributed by atoms with van der Waals surface area (Å²) in [5.74, 6) is -0.271. The van der Waals surface area contributed by atoms with Crippen LogP contribution < -0.4 is 15.5 Å². The maximum absolute atomic E-state index is 15.1. The predicted octanol–water partition coefficient (Wildman–Crippen LogP) is 5.44. The van der Waals surface area contributed by atoms with Gasteiger partial charge in [0.1, 0.15) is 11.6 Å². The zero-order valence-electron chi connectivity index (χ0n) is 25.2. The highest BCUT2D eigenvalue weighted by atomic mass is 35.5. The van der Waals surface area contributed by atoms with Crippen molar-refractivity contribution in [2.24, 2.45) is 0 Å². The lowest BCUT2D eigenvalue weighted by Crippen LogP contribution is -2.58. The summed E-state index contributed by atoms with van der Waals surface area (Å²) >= 11 is 6.82. The number of aromatic nitrogens is 4. The quantitative estimate of drug-likeness (QED) is 0.271. The number of hydrogen-bond acceptors (Lipinski definition) is 7. The Hall–Kier alpha value is -4.31. The number of carbonyl (C=O) groups is 1. The Morgan fingerprint density at radius 3 is 2.51 bits per heavy atom. The highest BCUT2D eigenvalue weighted by Crippen LogP contribution is 2.37. The molecule has 4 aromatic rings. The maximum atomic E-state index is 15.1. The molecule has 0 unspecified atom stereocenters. The van der Waals surface area contributed by atoms with Gasteiger partial charge < -0.3 is 14.7 Å². The zero-order valence-corrected chi connectivity index (χ0v) is 25.9. The first-order chi connectivity index (χ1) is 20.4. The van der Waals surface area contributed by atoms with E-state index in [1.54, 1.807) is 35.4 Å². The topological polar surface area (TPSA) is 87.5 Å². The highest BCUT2D eigenvalue weighted by Gasteiger charge is 2.34. The number of rotatable bonds is 6. The lowest BCUT2D eigenvalue weighted by Gasteiger charge is -2.44. The molecule has 9 nitrogen and oxygen atoms in total. The molecule has 5 rings (SSSR count). The molecule has 0 aliphatic carbocycles. The van der Waals surface area contributed by atoms with Crippen LogP contribution in [0.4, 0.5) is 15.9 Å². The van der Waals surface area contributed by atoms with E-state index < -0.39 is 11.5 Å². The number of hydrogen-bond donors (Lipinski definition) is 0.